The molecule has 0 amide bonds. The van der Waals surface area contributed by atoms with Crippen LogP contribution < -0.4 is 15.4 Å². The molecule has 31 heavy (non-hydrogen) atoms. The predicted molar refractivity (Wildman–Crippen MR) is 131 cm³/mol. The van der Waals surface area contributed by atoms with E-state index in [1.165, 1.54) is 21.9 Å². The maximum atomic E-state index is 5.93. The van der Waals surface area contributed by atoms with E-state index in [4.69, 9.17) is 9.73 Å². The Bertz CT molecular complexity index is 1120. The van der Waals surface area contributed by atoms with Crippen LogP contribution in [-0.4, -0.2) is 19.1 Å². The zero-order valence-corrected chi connectivity index (χ0v) is 17.9. The highest BCUT2D eigenvalue weighted by Gasteiger charge is 2.03. The van der Waals surface area contributed by atoms with Gasteiger partial charge in [-0.25, -0.2) is 4.99 Å². The van der Waals surface area contributed by atoms with Crippen LogP contribution in [0.1, 0.15) is 11.1 Å². The van der Waals surface area contributed by atoms with Gasteiger partial charge in [0.1, 0.15) is 12.4 Å². The first-order valence-corrected chi connectivity index (χ1v) is 10.5. The van der Waals surface area contributed by atoms with Crippen molar-refractivity contribution in [2.75, 3.05) is 23.8 Å². The number of guanidine groups is 1. The number of hydrogen-bond acceptors (Lipinski definition) is 2. The van der Waals surface area contributed by atoms with Crippen molar-refractivity contribution in [1.29, 1.82) is 0 Å². The first kappa shape index (κ1) is 20.5. The highest BCUT2D eigenvalue weighted by atomic mass is 16.5. The molecular weight excluding hydrogens is 382 g/mol. The molecule has 0 aliphatic heterocycles. The van der Waals surface area contributed by atoms with E-state index < -0.39 is 0 Å². The maximum absolute atomic E-state index is 5.93. The first-order valence-electron chi connectivity index (χ1n) is 10.5. The van der Waals surface area contributed by atoms with E-state index in [-0.39, 0.29) is 0 Å². The third-order valence-electron chi connectivity index (χ3n) is 4.98. The van der Waals surface area contributed by atoms with Crippen molar-refractivity contribution in [3.63, 3.8) is 0 Å². The van der Waals surface area contributed by atoms with E-state index in [9.17, 15) is 0 Å². The molecule has 0 fully saturated rings. The van der Waals surface area contributed by atoms with Crippen LogP contribution in [0.3, 0.4) is 0 Å². The second-order valence-electron chi connectivity index (χ2n) is 7.57. The zero-order valence-electron chi connectivity index (χ0n) is 17.9. The number of aryl methyl sites for hydroxylation is 2. The molecule has 0 atom stereocenters. The SMILES string of the molecule is Cc1ccc(NC(=NCCOc2ccc3ccccc3c2)Nc2ccc(C)cc2)cc1. The molecule has 156 valence electrons. The maximum Gasteiger partial charge on any atom is 0.200 e. The normalized spacial score (nSPS) is 10.5. The minimum absolute atomic E-state index is 0.493. The van der Waals surface area contributed by atoms with Crippen LogP contribution in [0.5, 0.6) is 5.75 Å². The van der Waals surface area contributed by atoms with Crippen molar-refractivity contribution in [2.24, 2.45) is 4.99 Å². The quantitative estimate of drug-likeness (QED) is 0.220. The van der Waals surface area contributed by atoms with Gasteiger partial charge in [0.2, 0.25) is 0 Å². The molecular formula is C27H27N3O. The number of aliphatic imine (C=N–C) groups is 1. The van der Waals surface area contributed by atoms with Crippen LogP contribution >= 0.6 is 0 Å². The van der Waals surface area contributed by atoms with Crippen molar-refractivity contribution in [2.45, 2.75) is 13.8 Å². The van der Waals surface area contributed by atoms with Gasteiger partial charge in [0.15, 0.2) is 5.96 Å². The van der Waals surface area contributed by atoms with Crippen LogP contribution in [0.15, 0.2) is 96.0 Å². The van der Waals surface area contributed by atoms with Gasteiger partial charge in [0, 0.05) is 11.4 Å². The fourth-order valence-electron chi connectivity index (χ4n) is 3.24. The number of rotatable bonds is 6. The van der Waals surface area contributed by atoms with Crippen molar-refractivity contribution < 1.29 is 4.74 Å². The number of anilines is 2. The number of nitrogens with zero attached hydrogens (tertiary/aromatic N) is 1. The second-order valence-corrected chi connectivity index (χ2v) is 7.57. The zero-order chi connectivity index (χ0) is 21.5. The van der Waals surface area contributed by atoms with Crippen LogP contribution in [-0.2, 0) is 0 Å². The van der Waals surface area contributed by atoms with Crippen LogP contribution in [0.4, 0.5) is 11.4 Å². The Hall–Kier alpha value is -3.79. The monoisotopic (exact) mass is 409 g/mol. The topological polar surface area (TPSA) is 45.7 Å². The number of benzene rings is 4. The molecule has 4 nitrogen and oxygen atoms in total. The third kappa shape index (κ3) is 5.86. The van der Waals surface area contributed by atoms with E-state index >= 15 is 0 Å². The molecule has 0 saturated heterocycles. The molecule has 0 spiro atoms. The lowest BCUT2D eigenvalue weighted by atomic mass is 10.1. The summed E-state index contributed by atoms with van der Waals surface area (Å²) < 4.78 is 5.93. The van der Waals surface area contributed by atoms with Gasteiger partial charge >= 0.3 is 0 Å². The van der Waals surface area contributed by atoms with Gasteiger partial charge in [0.25, 0.3) is 0 Å². The fourth-order valence-corrected chi connectivity index (χ4v) is 3.24. The third-order valence-corrected chi connectivity index (χ3v) is 4.98. The summed E-state index contributed by atoms with van der Waals surface area (Å²) in [6.45, 7) is 5.17. The Morgan fingerprint density at radius 2 is 1.29 bits per heavy atom. The highest BCUT2D eigenvalue weighted by molar-refractivity contribution is 6.03. The number of fused-ring (bicyclic) bond motifs is 1. The Labute approximate surface area is 183 Å². The Morgan fingerprint density at radius 3 is 1.90 bits per heavy atom. The van der Waals surface area contributed by atoms with Crippen molar-refractivity contribution >= 4 is 28.1 Å². The van der Waals surface area contributed by atoms with Crippen molar-refractivity contribution in [3.05, 3.63) is 102 Å². The molecule has 0 unspecified atom stereocenters. The Morgan fingerprint density at radius 1 is 0.710 bits per heavy atom. The summed E-state index contributed by atoms with van der Waals surface area (Å²) in [5.74, 6) is 1.54. The van der Waals surface area contributed by atoms with Gasteiger partial charge < -0.3 is 15.4 Å². The smallest absolute Gasteiger partial charge is 0.200 e. The predicted octanol–water partition coefficient (Wildman–Crippen LogP) is 6.42. The summed E-state index contributed by atoms with van der Waals surface area (Å²) >= 11 is 0. The van der Waals surface area contributed by atoms with Gasteiger partial charge in [-0.15, -0.1) is 0 Å². The molecule has 0 aliphatic rings. The first-order chi connectivity index (χ1) is 15.2. The van der Waals surface area contributed by atoms with E-state index in [0.29, 0.717) is 19.1 Å². The molecule has 0 radical (unpaired) electrons. The molecule has 4 rings (SSSR count). The van der Waals surface area contributed by atoms with Gasteiger partial charge in [-0.2, -0.15) is 0 Å². The average Bonchev–Trinajstić information content (AvgIpc) is 2.79. The lowest BCUT2D eigenvalue weighted by molar-refractivity contribution is 0.329. The Balaban J connectivity index is 1.42. The van der Waals surface area contributed by atoms with Crippen LogP contribution in [0.2, 0.25) is 0 Å². The van der Waals surface area contributed by atoms with Gasteiger partial charge in [-0.3, -0.25) is 0 Å². The lowest BCUT2D eigenvalue weighted by Gasteiger charge is -2.13. The summed E-state index contributed by atoms with van der Waals surface area (Å²) in [7, 11) is 0. The Kier molecular flexibility index (Phi) is 6.48. The van der Waals surface area contributed by atoms with Gasteiger partial charge in [-0.05, 0) is 61.0 Å². The summed E-state index contributed by atoms with van der Waals surface area (Å²) in [6, 6.07) is 30.9. The molecule has 2 N–H and O–H groups in total. The largest absolute Gasteiger partial charge is 0.492 e. The van der Waals surface area contributed by atoms with Crippen LogP contribution in [0, 0.1) is 13.8 Å². The number of nitrogens with one attached hydrogen (secondary N) is 2. The van der Waals surface area contributed by atoms with E-state index in [2.05, 4.69) is 73.0 Å². The van der Waals surface area contributed by atoms with Crippen LogP contribution in [0.25, 0.3) is 10.8 Å². The highest BCUT2D eigenvalue weighted by Crippen LogP contribution is 2.20. The summed E-state index contributed by atoms with van der Waals surface area (Å²) in [4.78, 5) is 4.71. The standard InChI is InChI=1S/C27H27N3O/c1-20-7-12-24(13-8-20)29-27(30-25-14-9-21(2)10-15-25)28-17-18-31-26-16-11-22-5-3-4-6-23(22)19-26/h3-16,19H,17-18H2,1-2H3,(H2,28,29,30). The molecule has 0 saturated carbocycles. The lowest BCUT2D eigenvalue weighted by Crippen LogP contribution is -2.23. The van der Waals surface area contributed by atoms with Crippen molar-refractivity contribution in [1.82, 2.24) is 0 Å². The van der Waals surface area contributed by atoms with E-state index in [1.54, 1.807) is 0 Å². The van der Waals surface area contributed by atoms with Crippen molar-refractivity contribution in [3.8, 4) is 5.75 Å². The van der Waals surface area contributed by atoms with E-state index in [1.807, 2.05) is 42.5 Å². The molecule has 0 heterocycles. The summed E-state index contributed by atoms with van der Waals surface area (Å²) in [5, 5.41) is 9.13. The molecule has 4 aromatic carbocycles. The van der Waals surface area contributed by atoms with Gasteiger partial charge in [-0.1, -0.05) is 65.7 Å². The number of hydrogen-bond donors (Lipinski definition) is 2. The minimum Gasteiger partial charge on any atom is -0.492 e. The fraction of sp³-hybridized carbons (Fsp3) is 0.148. The second kappa shape index (κ2) is 9.81. The summed E-state index contributed by atoms with van der Waals surface area (Å²) in [5.41, 5.74) is 4.41. The molecule has 4 aromatic rings. The minimum atomic E-state index is 0.493. The molecule has 0 aromatic heterocycles. The molecule has 0 bridgehead atoms. The summed E-state index contributed by atoms with van der Waals surface area (Å²) in [6.07, 6.45) is 0. The van der Waals surface area contributed by atoms with Gasteiger partial charge in [0.05, 0.1) is 6.54 Å². The molecule has 4 heteroatoms. The molecule has 0 aliphatic carbocycles. The number of ether oxygens (including phenoxy) is 1. The average molecular weight is 410 g/mol. The van der Waals surface area contributed by atoms with E-state index in [0.717, 1.165) is 17.1 Å².